The number of hydrogen-bond donors (Lipinski definition) is 2. The molecule has 19 heavy (non-hydrogen) atoms. The van der Waals surface area contributed by atoms with Crippen molar-refractivity contribution in [2.75, 3.05) is 5.73 Å². The molecule has 1 aliphatic carbocycles. The molecule has 1 aliphatic rings. The van der Waals surface area contributed by atoms with Crippen LogP contribution in [0.2, 0.25) is 0 Å². The van der Waals surface area contributed by atoms with Crippen LogP contribution in [0.25, 0.3) is 0 Å². The number of anilines is 1. The Hall–Kier alpha value is -1.58. The summed E-state index contributed by atoms with van der Waals surface area (Å²) < 4.78 is 13.3. The summed E-state index contributed by atoms with van der Waals surface area (Å²) in [4.78, 5) is 12.2. The third-order valence-corrected chi connectivity index (χ3v) is 3.99. The first-order valence-corrected chi connectivity index (χ1v) is 6.75. The Balaban J connectivity index is 2.12. The highest BCUT2D eigenvalue weighted by Gasteiger charge is 2.33. The zero-order valence-corrected chi connectivity index (χ0v) is 11.5. The molecule has 1 saturated carbocycles. The largest absolute Gasteiger partial charge is 0.399 e. The average Bonchev–Trinajstić information content (AvgIpc) is 2.30. The van der Waals surface area contributed by atoms with Crippen molar-refractivity contribution in [1.29, 1.82) is 0 Å². The van der Waals surface area contributed by atoms with Gasteiger partial charge in [-0.05, 0) is 36.5 Å². The lowest BCUT2D eigenvalue weighted by molar-refractivity contribution is 0.0853. The van der Waals surface area contributed by atoms with Crippen molar-refractivity contribution in [2.24, 2.45) is 5.41 Å². The van der Waals surface area contributed by atoms with E-state index in [1.807, 2.05) is 0 Å². The number of nitrogens with two attached hydrogens (primary N) is 1. The van der Waals surface area contributed by atoms with Crippen molar-refractivity contribution >= 4 is 11.6 Å². The van der Waals surface area contributed by atoms with Gasteiger partial charge in [0.15, 0.2) is 0 Å². The summed E-state index contributed by atoms with van der Waals surface area (Å²) >= 11 is 0. The normalized spacial score (nSPS) is 21.9. The Labute approximate surface area is 113 Å². The number of amides is 1. The van der Waals surface area contributed by atoms with Crippen LogP contribution in [0, 0.1) is 11.2 Å². The molecule has 104 valence electrons. The van der Waals surface area contributed by atoms with E-state index in [1.54, 1.807) is 0 Å². The van der Waals surface area contributed by atoms with Crippen LogP contribution in [0.5, 0.6) is 0 Å². The molecule has 1 aromatic carbocycles. The fourth-order valence-corrected chi connectivity index (χ4v) is 2.75. The Morgan fingerprint density at radius 3 is 2.74 bits per heavy atom. The average molecular weight is 264 g/mol. The maximum Gasteiger partial charge on any atom is 0.251 e. The lowest BCUT2D eigenvalue weighted by Gasteiger charge is -2.39. The van der Waals surface area contributed by atoms with E-state index in [0.29, 0.717) is 5.56 Å². The van der Waals surface area contributed by atoms with Gasteiger partial charge >= 0.3 is 0 Å². The van der Waals surface area contributed by atoms with E-state index in [4.69, 9.17) is 5.73 Å². The predicted molar refractivity (Wildman–Crippen MR) is 74.3 cm³/mol. The molecule has 0 bridgehead atoms. The Morgan fingerprint density at radius 2 is 2.11 bits per heavy atom. The van der Waals surface area contributed by atoms with Crippen molar-refractivity contribution < 1.29 is 9.18 Å². The van der Waals surface area contributed by atoms with E-state index >= 15 is 0 Å². The first-order chi connectivity index (χ1) is 8.88. The summed E-state index contributed by atoms with van der Waals surface area (Å²) in [6.45, 7) is 4.33. The van der Waals surface area contributed by atoms with E-state index in [0.717, 1.165) is 19.3 Å². The van der Waals surface area contributed by atoms with E-state index in [1.165, 1.54) is 24.6 Å². The van der Waals surface area contributed by atoms with Gasteiger partial charge in [-0.3, -0.25) is 4.79 Å². The minimum absolute atomic E-state index is 0.0901. The highest BCUT2D eigenvalue weighted by molar-refractivity contribution is 5.95. The maximum atomic E-state index is 13.3. The van der Waals surface area contributed by atoms with Gasteiger partial charge in [0.05, 0.1) is 0 Å². The molecule has 0 saturated heterocycles. The van der Waals surface area contributed by atoms with Gasteiger partial charge in [0, 0.05) is 17.3 Å². The SMILES string of the molecule is CC1(C)CCCCC1NC(=O)c1cc(N)cc(F)c1. The van der Waals surface area contributed by atoms with Gasteiger partial charge in [-0.1, -0.05) is 26.7 Å². The fraction of sp³-hybridized carbons (Fsp3) is 0.533. The van der Waals surface area contributed by atoms with E-state index in [2.05, 4.69) is 19.2 Å². The molecule has 0 spiro atoms. The molecule has 1 fully saturated rings. The predicted octanol–water partition coefficient (Wildman–Crippen LogP) is 3.11. The monoisotopic (exact) mass is 264 g/mol. The van der Waals surface area contributed by atoms with Crippen LogP contribution >= 0.6 is 0 Å². The van der Waals surface area contributed by atoms with Gasteiger partial charge < -0.3 is 11.1 Å². The summed E-state index contributed by atoms with van der Waals surface area (Å²) in [6.07, 6.45) is 4.40. The van der Waals surface area contributed by atoms with Crippen LogP contribution in [0.1, 0.15) is 49.9 Å². The molecular formula is C15H21FN2O. The van der Waals surface area contributed by atoms with Gasteiger partial charge in [-0.25, -0.2) is 4.39 Å². The van der Waals surface area contributed by atoms with Crippen molar-refractivity contribution in [3.05, 3.63) is 29.6 Å². The summed E-state index contributed by atoms with van der Waals surface area (Å²) in [6, 6.07) is 4.08. The smallest absolute Gasteiger partial charge is 0.251 e. The summed E-state index contributed by atoms with van der Waals surface area (Å²) in [5, 5.41) is 3.02. The van der Waals surface area contributed by atoms with Crippen molar-refractivity contribution in [3.8, 4) is 0 Å². The van der Waals surface area contributed by atoms with Crippen LogP contribution in [0.3, 0.4) is 0 Å². The summed E-state index contributed by atoms with van der Waals surface area (Å²) in [7, 11) is 0. The zero-order chi connectivity index (χ0) is 14.0. The molecule has 3 nitrogen and oxygen atoms in total. The van der Waals surface area contributed by atoms with E-state index in [-0.39, 0.29) is 23.1 Å². The number of carbonyl (C=O) groups is 1. The van der Waals surface area contributed by atoms with Crippen molar-refractivity contribution in [3.63, 3.8) is 0 Å². The van der Waals surface area contributed by atoms with Gasteiger partial charge in [0.25, 0.3) is 5.91 Å². The number of nitrogens with one attached hydrogen (secondary N) is 1. The fourth-order valence-electron chi connectivity index (χ4n) is 2.75. The lowest BCUT2D eigenvalue weighted by Crippen LogP contribution is -2.46. The minimum atomic E-state index is -0.479. The van der Waals surface area contributed by atoms with Gasteiger partial charge in [-0.2, -0.15) is 0 Å². The summed E-state index contributed by atoms with van der Waals surface area (Å²) in [5.74, 6) is -0.723. The molecule has 0 heterocycles. The first kappa shape index (κ1) is 13.8. The molecule has 4 heteroatoms. The highest BCUT2D eigenvalue weighted by atomic mass is 19.1. The Kier molecular flexibility index (Phi) is 3.78. The van der Waals surface area contributed by atoms with E-state index in [9.17, 15) is 9.18 Å². The number of rotatable bonds is 2. The third-order valence-electron chi connectivity index (χ3n) is 3.99. The number of benzene rings is 1. The minimum Gasteiger partial charge on any atom is -0.399 e. The second kappa shape index (κ2) is 5.19. The lowest BCUT2D eigenvalue weighted by atomic mass is 9.73. The standard InChI is InChI=1S/C15H21FN2O/c1-15(2)6-4-3-5-13(15)18-14(19)10-7-11(16)9-12(17)8-10/h7-9,13H,3-6,17H2,1-2H3,(H,18,19). The second-order valence-corrected chi connectivity index (χ2v) is 6.03. The molecule has 0 aromatic heterocycles. The second-order valence-electron chi connectivity index (χ2n) is 6.03. The molecule has 1 aromatic rings. The number of nitrogen functional groups attached to an aromatic ring is 1. The molecular weight excluding hydrogens is 243 g/mol. The maximum absolute atomic E-state index is 13.3. The van der Waals surface area contributed by atoms with E-state index < -0.39 is 5.82 Å². The molecule has 1 atom stereocenters. The Bertz CT molecular complexity index is 465. The van der Waals surface area contributed by atoms with Crippen LogP contribution < -0.4 is 11.1 Å². The molecule has 0 radical (unpaired) electrons. The molecule has 1 unspecified atom stereocenters. The Morgan fingerprint density at radius 1 is 1.37 bits per heavy atom. The summed E-state index contributed by atoms with van der Waals surface area (Å²) in [5.41, 5.74) is 6.22. The molecule has 0 aliphatic heterocycles. The molecule has 2 rings (SSSR count). The number of halogens is 1. The van der Waals surface area contributed by atoms with Crippen LogP contribution in [-0.4, -0.2) is 11.9 Å². The number of hydrogen-bond acceptors (Lipinski definition) is 2. The topological polar surface area (TPSA) is 55.1 Å². The van der Waals surface area contributed by atoms with Crippen LogP contribution in [0.4, 0.5) is 10.1 Å². The number of carbonyl (C=O) groups excluding carboxylic acids is 1. The quantitative estimate of drug-likeness (QED) is 0.806. The van der Waals surface area contributed by atoms with Crippen molar-refractivity contribution in [1.82, 2.24) is 5.32 Å². The van der Waals surface area contributed by atoms with Gasteiger partial charge in [0.2, 0.25) is 0 Å². The van der Waals surface area contributed by atoms with Gasteiger partial charge in [-0.15, -0.1) is 0 Å². The molecule has 1 amide bonds. The van der Waals surface area contributed by atoms with Crippen LogP contribution in [0.15, 0.2) is 18.2 Å². The zero-order valence-electron chi connectivity index (χ0n) is 11.5. The van der Waals surface area contributed by atoms with Crippen molar-refractivity contribution in [2.45, 2.75) is 45.6 Å². The first-order valence-electron chi connectivity index (χ1n) is 6.75. The van der Waals surface area contributed by atoms with Crippen LogP contribution in [-0.2, 0) is 0 Å². The highest BCUT2D eigenvalue weighted by Crippen LogP contribution is 2.35. The molecule has 3 N–H and O–H groups in total. The third kappa shape index (κ3) is 3.25. The van der Waals surface area contributed by atoms with Gasteiger partial charge in [0.1, 0.15) is 5.82 Å².